The zero-order valence-electron chi connectivity index (χ0n) is 9.33. The molecule has 13 heavy (non-hydrogen) atoms. The van der Waals surface area contributed by atoms with E-state index in [4.69, 9.17) is 0 Å². The fraction of sp³-hybridized carbons (Fsp3) is 0.900. The van der Waals surface area contributed by atoms with E-state index in [1.807, 2.05) is 0 Å². The average Bonchev–Trinajstić information content (AvgIpc) is 2.11. The summed E-state index contributed by atoms with van der Waals surface area (Å²) in [5, 5.41) is 0. The van der Waals surface area contributed by atoms with Crippen molar-refractivity contribution in [1.82, 2.24) is 4.90 Å². The molecular weight excluding hydrogens is 166 g/mol. The van der Waals surface area contributed by atoms with Gasteiger partial charge in [-0.2, -0.15) is 0 Å². The van der Waals surface area contributed by atoms with Crippen molar-refractivity contribution >= 4 is 5.97 Å². The lowest BCUT2D eigenvalue weighted by Crippen LogP contribution is -2.42. The molecule has 1 unspecified atom stereocenters. The molecule has 0 fully saturated rings. The maximum atomic E-state index is 11.1. The van der Waals surface area contributed by atoms with Crippen LogP contribution in [0.4, 0.5) is 0 Å². The van der Waals surface area contributed by atoms with Crippen LogP contribution < -0.4 is 0 Å². The second kappa shape index (κ2) is 5.97. The third kappa shape index (κ3) is 4.27. The Balaban J connectivity index is 4.17. The van der Waals surface area contributed by atoms with E-state index in [0.717, 1.165) is 6.42 Å². The van der Waals surface area contributed by atoms with Gasteiger partial charge in [0.15, 0.2) is 0 Å². The number of carbonyl (C=O) groups excluding carboxylic acids is 1. The summed E-state index contributed by atoms with van der Waals surface area (Å²) in [6.45, 7) is 8.83. The number of ether oxygens (including phenoxy) is 1. The lowest BCUT2D eigenvalue weighted by atomic mass is 10.2. The first-order valence-corrected chi connectivity index (χ1v) is 4.85. The molecule has 78 valence electrons. The first-order valence-electron chi connectivity index (χ1n) is 4.85. The van der Waals surface area contributed by atoms with Gasteiger partial charge in [0.1, 0.15) is 0 Å². The van der Waals surface area contributed by atoms with E-state index < -0.39 is 0 Å². The zero-order valence-corrected chi connectivity index (χ0v) is 9.33. The van der Waals surface area contributed by atoms with Crippen molar-refractivity contribution in [3.63, 3.8) is 0 Å². The number of methoxy groups -OCH3 is 1. The number of esters is 1. The van der Waals surface area contributed by atoms with Crippen molar-refractivity contribution in [2.75, 3.05) is 13.7 Å². The quantitative estimate of drug-likeness (QED) is 0.613. The highest BCUT2D eigenvalue weighted by Crippen LogP contribution is 2.08. The summed E-state index contributed by atoms with van der Waals surface area (Å²) in [6.07, 6.45) is 1.05. The van der Waals surface area contributed by atoms with Crippen LogP contribution in [0.5, 0.6) is 0 Å². The number of nitrogens with zero attached hydrogens (tertiary/aromatic N) is 1. The van der Waals surface area contributed by atoms with E-state index in [9.17, 15) is 4.79 Å². The Labute approximate surface area is 81.1 Å². The second-order valence-electron chi connectivity index (χ2n) is 3.60. The Bertz CT molecular complexity index is 157. The Hall–Kier alpha value is -0.570. The van der Waals surface area contributed by atoms with Gasteiger partial charge in [0, 0.05) is 12.1 Å². The Kier molecular flexibility index (Phi) is 5.71. The van der Waals surface area contributed by atoms with Crippen LogP contribution >= 0.6 is 0 Å². The molecule has 0 aromatic rings. The standard InChI is InChI=1S/C10H21NO2/c1-6-9(4)11(8(2)3)7-10(12)13-5/h8-9H,6-7H2,1-5H3. The molecule has 0 saturated carbocycles. The van der Waals surface area contributed by atoms with Gasteiger partial charge in [0.2, 0.25) is 0 Å². The lowest BCUT2D eigenvalue weighted by Gasteiger charge is -2.30. The van der Waals surface area contributed by atoms with Gasteiger partial charge < -0.3 is 4.74 Å². The van der Waals surface area contributed by atoms with Gasteiger partial charge in [0.05, 0.1) is 13.7 Å². The predicted molar refractivity (Wildman–Crippen MR) is 53.6 cm³/mol. The predicted octanol–water partition coefficient (Wildman–Crippen LogP) is 1.67. The molecule has 0 aromatic heterocycles. The smallest absolute Gasteiger partial charge is 0.319 e. The first-order chi connectivity index (χ1) is 6.02. The highest BCUT2D eigenvalue weighted by Gasteiger charge is 2.18. The summed E-state index contributed by atoms with van der Waals surface area (Å²) in [7, 11) is 1.43. The van der Waals surface area contributed by atoms with Gasteiger partial charge in [-0.25, -0.2) is 0 Å². The van der Waals surface area contributed by atoms with Gasteiger partial charge in [-0.05, 0) is 27.2 Å². The molecule has 0 aliphatic carbocycles. The number of carbonyl (C=O) groups is 1. The van der Waals surface area contributed by atoms with Gasteiger partial charge in [-0.3, -0.25) is 9.69 Å². The minimum absolute atomic E-state index is 0.158. The van der Waals surface area contributed by atoms with Crippen molar-refractivity contribution in [3.05, 3.63) is 0 Å². The molecule has 0 saturated heterocycles. The van der Waals surface area contributed by atoms with Crippen LogP contribution in [0.3, 0.4) is 0 Å². The number of hydrogen-bond acceptors (Lipinski definition) is 3. The van der Waals surface area contributed by atoms with Crippen LogP contribution in [0.1, 0.15) is 34.1 Å². The zero-order chi connectivity index (χ0) is 10.4. The summed E-state index contributed by atoms with van der Waals surface area (Å²) < 4.78 is 4.64. The molecule has 0 radical (unpaired) electrons. The topological polar surface area (TPSA) is 29.5 Å². The molecule has 0 bridgehead atoms. The van der Waals surface area contributed by atoms with Crippen molar-refractivity contribution in [3.8, 4) is 0 Å². The van der Waals surface area contributed by atoms with Crippen molar-refractivity contribution in [2.45, 2.75) is 46.2 Å². The molecule has 0 heterocycles. The SMILES string of the molecule is CCC(C)N(CC(=O)OC)C(C)C. The summed E-state index contributed by atoms with van der Waals surface area (Å²) in [6, 6.07) is 0.813. The summed E-state index contributed by atoms with van der Waals surface area (Å²) in [5.41, 5.74) is 0. The fourth-order valence-electron chi connectivity index (χ4n) is 1.30. The maximum absolute atomic E-state index is 11.1. The third-order valence-corrected chi connectivity index (χ3v) is 2.36. The van der Waals surface area contributed by atoms with E-state index >= 15 is 0 Å². The molecule has 3 heteroatoms. The van der Waals surface area contributed by atoms with Gasteiger partial charge in [0.25, 0.3) is 0 Å². The van der Waals surface area contributed by atoms with Crippen LogP contribution in [0.2, 0.25) is 0 Å². The maximum Gasteiger partial charge on any atom is 0.319 e. The van der Waals surface area contributed by atoms with E-state index in [2.05, 4.69) is 37.3 Å². The van der Waals surface area contributed by atoms with E-state index in [1.165, 1.54) is 7.11 Å². The Morgan fingerprint density at radius 2 is 1.92 bits per heavy atom. The minimum atomic E-state index is -0.158. The monoisotopic (exact) mass is 187 g/mol. The van der Waals surface area contributed by atoms with Crippen LogP contribution in [-0.2, 0) is 9.53 Å². The molecule has 1 atom stereocenters. The van der Waals surface area contributed by atoms with Crippen LogP contribution in [0.25, 0.3) is 0 Å². The van der Waals surface area contributed by atoms with Crippen molar-refractivity contribution in [1.29, 1.82) is 0 Å². The van der Waals surface area contributed by atoms with E-state index in [1.54, 1.807) is 0 Å². The Morgan fingerprint density at radius 3 is 2.23 bits per heavy atom. The van der Waals surface area contributed by atoms with Gasteiger partial charge >= 0.3 is 5.97 Å². The summed E-state index contributed by atoms with van der Waals surface area (Å²) in [5.74, 6) is -0.158. The van der Waals surface area contributed by atoms with E-state index in [-0.39, 0.29) is 5.97 Å². The highest BCUT2D eigenvalue weighted by atomic mass is 16.5. The van der Waals surface area contributed by atoms with Gasteiger partial charge in [-0.1, -0.05) is 6.92 Å². The first kappa shape index (κ1) is 12.4. The molecule has 0 aromatic carbocycles. The molecule has 0 rings (SSSR count). The van der Waals surface area contributed by atoms with Gasteiger partial charge in [-0.15, -0.1) is 0 Å². The minimum Gasteiger partial charge on any atom is -0.468 e. The van der Waals surface area contributed by atoms with E-state index in [0.29, 0.717) is 18.6 Å². The molecule has 0 amide bonds. The molecule has 0 aliphatic heterocycles. The lowest BCUT2D eigenvalue weighted by molar-refractivity contribution is -0.143. The summed E-state index contributed by atoms with van der Waals surface area (Å²) in [4.78, 5) is 13.2. The number of rotatable bonds is 5. The number of hydrogen-bond donors (Lipinski definition) is 0. The Morgan fingerprint density at radius 1 is 1.38 bits per heavy atom. The molecule has 0 aliphatic rings. The molecule has 0 spiro atoms. The largest absolute Gasteiger partial charge is 0.468 e. The van der Waals surface area contributed by atoms with Crippen LogP contribution in [-0.4, -0.2) is 36.6 Å². The third-order valence-electron chi connectivity index (χ3n) is 2.36. The summed E-state index contributed by atoms with van der Waals surface area (Å²) >= 11 is 0. The molecular formula is C10H21NO2. The van der Waals surface area contributed by atoms with Crippen molar-refractivity contribution < 1.29 is 9.53 Å². The van der Waals surface area contributed by atoms with Crippen LogP contribution in [0, 0.1) is 0 Å². The van der Waals surface area contributed by atoms with Crippen molar-refractivity contribution in [2.24, 2.45) is 0 Å². The fourth-order valence-corrected chi connectivity index (χ4v) is 1.30. The van der Waals surface area contributed by atoms with Crippen LogP contribution in [0.15, 0.2) is 0 Å². The molecule has 0 N–H and O–H groups in total. The normalized spacial score (nSPS) is 13.5. The highest BCUT2D eigenvalue weighted by molar-refractivity contribution is 5.71. The second-order valence-corrected chi connectivity index (χ2v) is 3.60. The average molecular weight is 187 g/mol. The molecule has 3 nitrogen and oxygen atoms in total.